The maximum absolute atomic E-state index is 11.7. The molecule has 0 spiro atoms. The fourth-order valence-corrected chi connectivity index (χ4v) is 1.20. The largest absolute Gasteiger partial charge is 0.319 e. The fourth-order valence-electron chi connectivity index (χ4n) is 1.20. The predicted octanol–water partition coefficient (Wildman–Crippen LogP) is 1.48. The van der Waals surface area contributed by atoms with Crippen LogP contribution in [0.5, 0.6) is 0 Å². The number of hydrogen-bond donors (Lipinski definition) is 1. The molecule has 0 aromatic heterocycles. The van der Waals surface area contributed by atoms with Crippen LogP contribution in [0.4, 0.5) is 0 Å². The van der Waals surface area contributed by atoms with Gasteiger partial charge in [-0.2, -0.15) is 0 Å². The zero-order chi connectivity index (χ0) is 8.70. The molecule has 0 atom stereocenters. The standard InChI is InChI=1S/C9H17NO/c1-4-8(2,3)7(11)9(10)5-6-9/h4-6,10H2,1-3H3. The van der Waals surface area contributed by atoms with Gasteiger partial charge in [-0.1, -0.05) is 20.8 Å². The first-order valence-corrected chi connectivity index (χ1v) is 4.26. The third kappa shape index (κ3) is 1.45. The molecule has 2 N–H and O–H groups in total. The summed E-state index contributed by atoms with van der Waals surface area (Å²) in [6, 6.07) is 0. The topological polar surface area (TPSA) is 43.1 Å². The normalized spacial score (nSPS) is 21.5. The highest BCUT2D eigenvalue weighted by atomic mass is 16.1. The number of nitrogens with two attached hydrogens (primary N) is 1. The molecular weight excluding hydrogens is 138 g/mol. The van der Waals surface area contributed by atoms with Crippen LogP contribution in [0.2, 0.25) is 0 Å². The Bertz CT molecular complexity index is 180. The van der Waals surface area contributed by atoms with Crippen molar-refractivity contribution in [1.82, 2.24) is 0 Å². The van der Waals surface area contributed by atoms with E-state index in [-0.39, 0.29) is 11.2 Å². The summed E-state index contributed by atoms with van der Waals surface area (Å²) in [5.41, 5.74) is 5.14. The highest BCUT2D eigenvalue weighted by Crippen LogP contribution is 2.40. The Morgan fingerprint density at radius 2 is 2.00 bits per heavy atom. The summed E-state index contributed by atoms with van der Waals surface area (Å²) < 4.78 is 0. The summed E-state index contributed by atoms with van der Waals surface area (Å²) in [4.78, 5) is 11.7. The number of carbonyl (C=O) groups excluding carboxylic acids is 1. The Hall–Kier alpha value is -0.370. The van der Waals surface area contributed by atoms with Gasteiger partial charge in [-0.25, -0.2) is 0 Å². The zero-order valence-corrected chi connectivity index (χ0v) is 7.61. The van der Waals surface area contributed by atoms with Crippen molar-refractivity contribution in [2.75, 3.05) is 0 Å². The first-order chi connectivity index (χ1) is 4.92. The van der Waals surface area contributed by atoms with E-state index in [9.17, 15) is 4.79 Å². The predicted molar refractivity (Wildman–Crippen MR) is 45.2 cm³/mol. The van der Waals surface area contributed by atoms with Crippen LogP contribution in [-0.4, -0.2) is 11.3 Å². The quantitative estimate of drug-likeness (QED) is 0.671. The first kappa shape index (κ1) is 8.72. The second-order valence-corrected chi connectivity index (χ2v) is 4.22. The zero-order valence-electron chi connectivity index (χ0n) is 7.61. The molecule has 2 heteroatoms. The Morgan fingerprint density at radius 1 is 1.55 bits per heavy atom. The van der Waals surface area contributed by atoms with E-state index in [2.05, 4.69) is 0 Å². The molecule has 1 aliphatic carbocycles. The fraction of sp³-hybridized carbons (Fsp3) is 0.889. The monoisotopic (exact) mass is 155 g/mol. The van der Waals surface area contributed by atoms with Crippen molar-refractivity contribution in [3.8, 4) is 0 Å². The molecule has 1 aliphatic rings. The van der Waals surface area contributed by atoms with E-state index in [0.29, 0.717) is 0 Å². The summed E-state index contributed by atoms with van der Waals surface area (Å²) in [5, 5.41) is 0. The van der Waals surface area contributed by atoms with E-state index in [4.69, 9.17) is 5.73 Å². The maximum atomic E-state index is 11.7. The van der Waals surface area contributed by atoms with Gasteiger partial charge in [0.2, 0.25) is 0 Å². The van der Waals surface area contributed by atoms with Gasteiger partial charge < -0.3 is 5.73 Å². The minimum absolute atomic E-state index is 0.217. The molecule has 1 rings (SSSR count). The van der Waals surface area contributed by atoms with Crippen LogP contribution in [-0.2, 0) is 4.79 Å². The molecule has 1 fully saturated rings. The molecule has 0 aromatic carbocycles. The van der Waals surface area contributed by atoms with Crippen molar-refractivity contribution in [3.63, 3.8) is 0 Å². The number of hydrogen-bond acceptors (Lipinski definition) is 2. The molecule has 0 aliphatic heterocycles. The minimum atomic E-state index is -0.445. The Balaban J connectivity index is 2.67. The average molecular weight is 155 g/mol. The summed E-state index contributed by atoms with van der Waals surface area (Å²) in [6.45, 7) is 5.98. The van der Waals surface area contributed by atoms with Crippen molar-refractivity contribution in [1.29, 1.82) is 0 Å². The summed E-state index contributed by atoms with van der Waals surface area (Å²) in [6.07, 6.45) is 2.65. The van der Waals surface area contributed by atoms with Crippen LogP contribution in [0.1, 0.15) is 40.0 Å². The van der Waals surface area contributed by atoms with Crippen LogP contribution in [0, 0.1) is 5.41 Å². The molecule has 0 amide bonds. The van der Waals surface area contributed by atoms with Crippen molar-refractivity contribution in [2.24, 2.45) is 11.1 Å². The van der Waals surface area contributed by atoms with Crippen molar-refractivity contribution >= 4 is 5.78 Å². The van der Waals surface area contributed by atoms with Gasteiger partial charge in [-0.15, -0.1) is 0 Å². The molecule has 0 aromatic rings. The van der Waals surface area contributed by atoms with Crippen LogP contribution in [0.3, 0.4) is 0 Å². The van der Waals surface area contributed by atoms with Gasteiger partial charge in [0.1, 0.15) is 0 Å². The first-order valence-electron chi connectivity index (χ1n) is 4.26. The molecule has 0 radical (unpaired) electrons. The average Bonchev–Trinajstić information content (AvgIpc) is 2.68. The second-order valence-electron chi connectivity index (χ2n) is 4.22. The van der Waals surface area contributed by atoms with Gasteiger partial charge in [-0.3, -0.25) is 4.79 Å². The molecule has 0 unspecified atom stereocenters. The lowest BCUT2D eigenvalue weighted by atomic mass is 9.81. The van der Waals surface area contributed by atoms with Gasteiger partial charge >= 0.3 is 0 Å². The highest BCUT2D eigenvalue weighted by molar-refractivity contribution is 5.95. The highest BCUT2D eigenvalue weighted by Gasteiger charge is 2.50. The number of rotatable bonds is 3. The van der Waals surface area contributed by atoms with Crippen molar-refractivity contribution < 1.29 is 4.79 Å². The third-order valence-corrected chi connectivity index (χ3v) is 2.74. The third-order valence-electron chi connectivity index (χ3n) is 2.74. The van der Waals surface area contributed by atoms with E-state index < -0.39 is 5.54 Å². The number of Topliss-reactive ketones (excluding diaryl/α,β-unsaturated/α-hetero) is 1. The van der Waals surface area contributed by atoms with E-state index in [1.54, 1.807) is 0 Å². The Labute approximate surface area is 68.2 Å². The van der Waals surface area contributed by atoms with Crippen LogP contribution in [0.25, 0.3) is 0 Å². The van der Waals surface area contributed by atoms with Gasteiger partial charge in [0.15, 0.2) is 5.78 Å². The van der Waals surface area contributed by atoms with Gasteiger partial charge in [0.25, 0.3) is 0 Å². The van der Waals surface area contributed by atoms with Gasteiger partial charge in [0, 0.05) is 5.41 Å². The molecule has 0 saturated heterocycles. The summed E-state index contributed by atoms with van der Waals surface area (Å²) in [5.74, 6) is 0.243. The summed E-state index contributed by atoms with van der Waals surface area (Å²) in [7, 11) is 0. The minimum Gasteiger partial charge on any atom is -0.319 e. The number of ketones is 1. The molecule has 0 heterocycles. The molecule has 2 nitrogen and oxygen atoms in total. The molecule has 0 bridgehead atoms. The van der Waals surface area contributed by atoms with Crippen molar-refractivity contribution in [2.45, 2.75) is 45.6 Å². The van der Waals surface area contributed by atoms with Crippen molar-refractivity contribution in [3.05, 3.63) is 0 Å². The maximum Gasteiger partial charge on any atom is 0.158 e. The lowest BCUT2D eigenvalue weighted by Gasteiger charge is -2.24. The van der Waals surface area contributed by atoms with E-state index >= 15 is 0 Å². The smallest absolute Gasteiger partial charge is 0.158 e. The van der Waals surface area contributed by atoms with Gasteiger partial charge in [0.05, 0.1) is 5.54 Å². The van der Waals surface area contributed by atoms with Crippen LogP contribution < -0.4 is 5.73 Å². The summed E-state index contributed by atoms with van der Waals surface area (Å²) >= 11 is 0. The second kappa shape index (κ2) is 2.31. The molecule has 11 heavy (non-hydrogen) atoms. The SMILES string of the molecule is CCC(C)(C)C(=O)C1(N)CC1. The Morgan fingerprint density at radius 3 is 2.27 bits per heavy atom. The Kier molecular flexibility index (Phi) is 1.83. The molecular formula is C9H17NO. The van der Waals surface area contributed by atoms with Crippen LogP contribution >= 0.6 is 0 Å². The number of carbonyl (C=O) groups is 1. The lowest BCUT2D eigenvalue weighted by Crippen LogP contribution is -2.42. The van der Waals surface area contributed by atoms with Gasteiger partial charge in [-0.05, 0) is 19.3 Å². The molecule has 64 valence electrons. The lowest BCUT2D eigenvalue weighted by molar-refractivity contribution is -0.129. The van der Waals surface area contributed by atoms with E-state index in [1.807, 2.05) is 20.8 Å². The van der Waals surface area contributed by atoms with E-state index in [1.165, 1.54) is 0 Å². The van der Waals surface area contributed by atoms with Crippen LogP contribution in [0.15, 0.2) is 0 Å². The molecule has 1 saturated carbocycles. The van der Waals surface area contributed by atoms with E-state index in [0.717, 1.165) is 19.3 Å².